The van der Waals surface area contributed by atoms with Gasteiger partial charge in [-0.3, -0.25) is 9.80 Å². The fourth-order valence-electron chi connectivity index (χ4n) is 2.48. The van der Waals surface area contributed by atoms with Crippen LogP contribution in [0, 0.1) is 0 Å². The van der Waals surface area contributed by atoms with Crippen LogP contribution in [0.1, 0.15) is 13.8 Å². The number of hydrogen-bond acceptors (Lipinski definition) is 4. The zero-order chi connectivity index (χ0) is 15.8. The average molecular weight is 327 g/mol. The van der Waals surface area contributed by atoms with Crippen LogP contribution in [0.5, 0.6) is 5.75 Å². The van der Waals surface area contributed by atoms with Crippen LogP contribution in [-0.4, -0.2) is 68.4 Å². The van der Waals surface area contributed by atoms with E-state index in [2.05, 4.69) is 23.6 Å². The summed E-state index contributed by atoms with van der Waals surface area (Å²) in [4.78, 5) is 4.93. The molecule has 0 bridgehead atoms. The Balaban J connectivity index is 1.56. The second-order valence-corrected chi connectivity index (χ2v) is 6.34. The molecule has 1 aromatic rings. The first-order valence-corrected chi connectivity index (χ1v) is 8.46. The van der Waals surface area contributed by atoms with Crippen LogP contribution < -0.4 is 4.74 Å². The molecule has 0 radical (unpaired) electrons. The van der Waals surface area contributed by atoms with E-state index in [1.807, 2.05) is 24.3 Å². The molecule has 124 valence electrons. The van der Waals surface area contributed by atoms with E-state index in [4.69, 9.17) is 21.1 Å². The van der Waals surface area contributed by atoms with Gasteiger partial charge in [-0.25, -0.2) is 0 Å². The number of hydrogen-bond donors (Lipinski definition) is 0. The van der Waals surface area contributed by atoms with Gasteiger partial charge in [-0.15, -0.1) is 0 Å². The maximum Gasteiger partial charge on any atom is 0.119 e. The van der Waals surface area contributed by atoms with Crippen molar-refractivity contribution >= 4 is 11.6 Å². The lowest BCUT2D eigenvalue weighted by Crippen LogP contribution is -2.48. The van der Waals surface area contributed by atoms with Gasteiger partial charge in [0.1, 0.15) is 12.4 Å². The molecule has 1 heterocycles. The van der Waals surface area contributed by atoms with E-state index in [-0.39, 0.29) is 0 Å². The first-order chi connectivity index (χ1) is 10.6. The first kappa shape index (κ1) is 17.5. The van der Waals surface area contributed by atoms with Crippen molar-refractivity contribution in [1.29, 1.82) is 0 Å². The minimum absolute atomic E-state index is 0.325. The molecule has 1 fully saturated rings. The van der Waals surface area contributed by atoms with Crippen LogP contribution in [0.25, 0.3) is 0 Å². The van der Waals surface area contributed by atoms with Crippen LogP contribution in [-0.2, 0) is 4.74 Å². The molecule has 0 saturated carbocycles. The van der Waals surface area contributed by atoms with Crippen molar-refractivity contribution in [3.63, 3.8) is 0 Å². The first-order valence-electron chi connectivity index (χ1n) is 8.08. The van der Waals surface area contributed by atoms with Crippen LogP contribution in [0.15, 0.2) is 24.3 Å². The van der Waals surface area contributed by atoms with Gasteiger partial charge in [-0.1, -0.05) is 11.6 Å². The van der Waals surface area contributed by atoms with Gasteiger partial charge in [0.25, 0.3) is 0 Å². The molecular formula is C17H27ClN2O2. The lowest BCUT2D eigenvalue weighted by atomic mass is 10.3. The molecule has 1 aliphatic heterocycles. The van der Waals surface area contributed by atoms with Gasteiger partial charge in [-0.2, -0.15) is 0 Å². The van der Waals surface area contributed by atoms with E-state index >= 15 is 0 Å². The Labute approximate surface area is 138 Å². The lowest BCUT2D eigenvalue weighted by Gasteiger charge is -2.34. The summed E-state index contributed by atoms with van der Waals surface area (Å²) in [7, 11) is 0. The molecule has 0 amide bonds. The van der Waals surface area contributed by atoms with Crippen molar-refractivity contribution < 1.29 is 9.47 Å². The molecule has 0 aliphatic carbocycles. The zero-order valence-electron chi connectivity index (χ0n) is 13.6. The number of ether oxygens (including phenoxy) is 2. The van der Waals surface area contributed by atoms with Gasteiger partial charge in [0.05, 0.1) is 12.7 Å². The highest BCUT2D eigenvalue weighted by molar-refractivity contribution is 6.30. The van der Waals surface area contributed by atoms with Crippen molar-refractivity contribution in [2.24, 2.45) is 0 Å². The van der Waals surface area contributed by atoms with Crippen molar-refractivity contribution in [1.82, 2.24) is 9.80 Å². The van der Waals surface area contributed by atoms with E-state index in [1.54, 1.807) is 0 Å². The Morgan fingerprint density at radius 2 is 1.50 bits per heavy atom. The van der Waals surface area contributed by atoms with E-state index in [1.165, 1.54) is 0 Å². The zero-order valence-corrected chi connectivity index (χ0v) is 14.4. The molecule has 1 aromatic carbocycles. The Kier molecular flexibility index (Phi) is 7.46. The monoisotopic (exact) mass is 326 g/mol. The Morgan fingerprint density at radius 1 is 0.955 bits per heavy atom. The third-order valence-electron chi connectivity index (χ3n) is 3.81. The predicted octanol–water partition coefficient (Wildman–Crippen LogP) is 2.76. The fraction of sp³-hybridized carbons (Fsp3) is 0.647. The molecule has 4 nitrogen and oxygen atoms in total. The number of rotatable bonds is 8. The van der Waals surface area contributed by atoms with Gasteiger partial charge < -0.3 is 9.47 Å². The highest BCUT2D eigenvalue weighted by Gasteiger charge is 2.16. The van der Waals surface area contributed by atoms with E-state index in [0.29, 0.717) is 6.10 Å². The summed E-state index contributed by atoms with van der Waals surface area (Å²) < 4.78 is 11.4. The van der Waals surface area contributed by atoms with Gasteiger partial charge in [-0.05, 0) is 38.1 Å². The number of piperazine rings is 1. The predicted molar refractivity (Wildman–Crippen MR) is 90.9 cm³/mol. The molecule has 5 heteroatoms. The third-order valence-corrected chi connectivity index (χ3v) is 4.07. The summed E-state index contributed by atoms with van der Waals surface area (Å²) in [5.74, 6) is 0.883. The van der Waals surface area contributed by atoms with E-state index < -0.39 is 0 Å². The molecule has 1 saturated heterocycles. The molecular weight excluding hydrogens is 300 g/mol. The smallest absolute Gasteiger partial charge is 0.119 e. The Morgan fingerprint density at radius 3 is 2.05 bits per heavy atom. The lowest BCUT2D eigenvalue weighted by molar-refractivity contribution is 0.0430. The molecule has 0 N–H and O–H groups in total. The highest BCUT2D eigenvalue weighted by Crippen LogP contribution is 2.15. The van der Waals surface area contributed by atoms with Crippen LogP contribution in [0.3, 0.4) is 0 Å². The quantitative estimate of drug-likeness (QED) is 0.733. The van der Waals surface area contributed by atoms with Gasteiger partial charge >= 0.3 is 0 Å². The molecule has 1 aliphatic rings. The average Bonchev–Trinajstić information content (AvgIpc) is 2.50. The summed E-state index contributed by atoms with van der Waals surface area (Å²) >= 11 is 5.86. The van der Waals surface area contributed by atoms with E-state index in [0.717, 1.165) is 63.3 Å². The van der Waals surface area contributed by atoms with Crippen molar-refractivity contribution in [3.8, 4) is 5.75 Å². The number of benzene rings is 1. The van der Waals surface area contributed by atoms with Crippen molar-refractivity contribution in [3.05, 3.63) is 29.3 Å². The number of nitrogens with zero attached hydrogens (tertiary/aromatic N) is 2. The molecule has 0 atom stereocenters. The van der Waals surface area contributed by atoms with Crippen molar-refractivity contribution in [2.75, 3.05) is 52.5 Å². The molecule has 0 unspecified atom stereocenters. The van der Waals surface area contributed by atoms with Crippen molar-refractivity contribution in [2.45, 2.75) is 20.0 Å². The molecule has 2 rings (SSSR count). The summed E-state index contributed by atoms with van der Waals surface area (Å²) in [6, 6.07) is 7.54. The van der Waals surface area contributed by atoms with Gasteiger partial charge in [0.15, 0.2) is 0 Å². The Hall–Kier alpha value is -0.810. The third kappa shape index (κ3) is 6.53. The van der Waals surface area contributed by atoms with Crippen LogP contribution in [0.4, 0.5) is 0 Å². The summed E-state index contributed by atoms with van der Waals surface area (Å²) in [6.07, 6.45) is 0.325. The van der Waals surface area contributed by atoms with Crippen LogP contribution >= 0.6 is 11.6 Å². The van der Waals surface area contributed by atoms with Gasteiger partial charge in [0, 0.05) is 44.3 Å². The standard InChI is InChI=1S/C17H27ClN2O2/c1-15(2)21-13-11-19-7-9-20(10-8-19)12-14-22-17-5-3-16(18)4-6-17/h3-6,15H,7-14H2,1-2H3. The largest absolute Gasteiger partial charge is 0.492 e. The van der Waals surface area contributed by atoms with E-state index in [9.17, 15) is 0 Å². The Bertz CT molecular complexity index is 417. The summed E-state index contributed by atoms with van der Waals surface area (Å²) in [5.41, 5.74) is 0. The maximum absolute atomic E-state index is 5.86. The molecule has 0 spiro atoms. The molecule has 0 aromatic heterocycles. The fourth-order valence-corrected chi connectivity index (χ4v) is 2.60. The minimum Gasteiger partial charge on any atom is -0.492 e. The second kappa shape index (κ2) is 9.36. The normalized spacial score (nSPS) is 17.1. The minimum atomic E-state index is 0.325. The topological polar surface area (TPSA) is 24.9 Å². The SMILES string of the molecule is CC(C)OCCN1CCN(CCOc2ccc(Cl)cc2)CC1. The van der Waals surface area contributed by atoms with Crippen LogP contribution in [0.2, 0.25) is 5.02 Å². The molecule has 22 heavy (non-hydrogen) atoms. The highest BCUT2D eigenvalue weighted by atomic mass is 35.5. The second-order valence-electron chi connectivity index (χ2n) is 5.91. The van der Waals surface area contributed by atoms with Gasteiger partial charge in [0.2, 0.25) is 0 Å². The number of halogens is 1. The summed E-state index contributed by atoms with van der Waals surface area (Å²) in [6.45, 7) is 12.2. The summed E-state index contributed by atoms with van der Waals surface area (Å²) in [5, 5.41) is 0.741. The maximum atomic E-state index is 5.86.